The van der Waals surface area contributed by atoms with Crippen LogP contribution in [-0.4, -0.2) is 0 Å². The van der Waals surface area contributed by atoms with E-state index in [0.29, 0.717) is 0 Å². The van der Waals surface area contributed by atoms with Gasteiger partial charge in [-0.1, -0.05) is 43.7 Å². The van der Waals surface area contributed by atoms with Crippen LogP contribution in [0.15, 0.2) is 22.5 Å². The molecule has 0 saturated carbocycles. The van der Waals surface area contributed by atoms with E-state index in [0.717, 1.165) is 4.91 Å². The van der Waals surface area contributed by atoms with Crippen molar-refractivity contribution >= 4 is 11.8 Å². The molecule has 0 spiro atoms. The third-order valence-corrected chi connectivity index (χ3v) is 2.10. The highest BCUT2D eigenvalue weighted by Crippen LogP contribution is 2.32. The second kappa shape index (κ2) is 2.56. The number of rotatable bonds is 0. The Morgan fingerprint density at radius 1 is 1.60 bits per heavy atom. The van der Waals surface area contributed by atoms with Crippen molar-refractivity contribution in [3.63, 3.8) is 0 Å². The molecule has 52 valence electrons. The largest absolute Gasteiger partial charge is 0.114 e. The van der Waals surface area contributed by atoms with Crippen molar-refractivity contribution in [2.75, 3.05) is 0 Å². The number of allylic oxidation sites excluding steroid dienone is 3. The molecule has 0 aromatic heterocycles. The van der Waals surface area contributed by atoms with Crippen molar-refractivity contribution in [3.8, 4) is 12.3 Å². The Bertz CT molecular complexity index is 226. The summed E-state index contributed by atoms with van der Waals surface area (Å²) in [5, 5.41) is 2.05. The van der Waals surface area contributed by atoms with Crippen LogP contribution < -0.4 is 0 Å². The van der Waals surface area contributed by atoms with Crippen LogP contribution in [0, 0.1) is 17.8 Å². The molecule has 0 bridgehead atoms. The zero-order valence-electron chi connectivity index (χ0n) is 6.22. The fourth-order valence-electron chi connectivity index (χ4n) is 0.778. The average Bonchev–Trinajstić information content (AvgIpc) is 1.86. The third-order valence-electron chi connectivity index (χ3n) is 1.34. The highest BCUT2D eigenvalue weighted by molar-refractivity contribution is 8.06. The molecule has 0 atom stereocenters. The lowest BCUT2D eigenvalue weighted by atomic mass is 9.93. The standard InChI is InChI=1S/C9H10S/c1-4-8-7-9(2,3)5-6-10-8/h1,5-7H,2-3H3. The molecule has 1 heterocycles. The Kier molecular flexibility index (Phi) is 1.92. The number of terminal acetylenes is 1. The van der Waals surface area contributed by atoms with E-state index in [4.69, 9.17) is 6.42 Å². The van der Waals surface area contributed by atoms with Crippen LogP contribution in [0.3, 0.4) is 0 Å². The Labute approximate surface area is 66.4 Å². The predicted octanol–water partition coefficient (Wildman–Crippen LogP) is 2.79. The summed E-state index contributed by atoms with van der Waals surface area (Å²) in [5.74, 6) is 2.63. The van der Waals surface area contributed by atoms with Gasteiger partial charge in [0.15, 0.2) is 0 Å². The molecule has 0 aromatic rings. The SMILES string of the molecule is C#CC1=CC(C)(C)C=CS1. The Hall–Kier alpha value is -0.610. The van der Waals surface area contributed by atoms with Gasteiger partial charge >= 0.3 is 0 Å². The lowest BCUT2D eigenvalue weighted by Crippen LogP contribution is -2.04. The van der Waals surface area contributed by atoms with E-state index in [1.54, 1.807) is 11.8 Å². The molecule has 0 fully saturated rings. The maximum Gasteiger partial charge on any atom is 0.0581 e. The zero-order chi connectivity index (χ0) is 7.61. The van der Waals surface area contributed by atoms with Gasteiger partial charge in [0.1, 0.15) is 0 Å². The van der Waals surface area contributed by atoms with Crippen molar-refractivity contribution in [2.24, 2.45) is 5.41 Å². The summed E-state index contributed by atoms with van der Waals surface area (Å²) in [5.41, 5.74) is 0.146. The van der Waals surface area contributed by atoms with Gasteiger partial charge in [0.05, 0.1) is 4.91 Å². The highest BCUT2D eigenvalue weighted by atomic mass is 32.2. The van der Waals surface area contributed by atoms with Crippen molar-refractivity contribution in [3.05, 3.63) is 22.5 Å². The van der Waals surface area contributed by atoms with Crippen LogP contribution >= 0.6 is 11.8 Å². The smallest absolute Gasteiger partial charge is 0.0581 e. The number of thioether (sulfide) groups is 1. The van der Waals surface area contributed by atoms with Gasteiger partial charge in [0.25, 0.3) is 0 Å². The normalized spacial score (nSPS) is 21.5. The molecule has 0 radical (unpaired) electrons. The maximum atomic E-state index is 5.25. The second-order valence-corrected chi connectivity index (χ2v) is 3.84. The van der Waals surface area contributed by atoms with E-state index in [9.17, 15) is 0 Å². The number of hydrogen-bond acceptors (Lipinski definition) is 1. The maximum absolute atomic E-state index is 5.25. The van der Waals surface area contributed by atoms with E-state index >= 15 is 0 Å². The summed E-state index contributed by atoms with van der Waals surface area (Å²) in [6.45, 7) is 4.28. The molecule has 0 N–H and O–H groups in total. The van der Waals surface area contributed by atoms with Gasteiger partial charge < -0.3 is 0 Å². The lowest BCUT2D eigenvalue weighted by Gasteiger charge is -2.18. The Morgan fingerprint density at radius 2 is 2.30 bits per heavy atom. The molecule has 1 aliphatic rings. The Morgan fingerprint density at radius 3 is 2.70 bits per heavy atom. The molecule has 1 rings (SSSR count). The second-order valence-electron chi connectivity index (χ2n) is 2.89. The van der Waals surface area contributed by atoms with Gasteiger partial charge in [-0.25, -0.2) is 0 Å². The minimum atomic E-state index is 0.146. The number of hydrogen-bond donors (Lipinski definition) is 0. The monoisotopic (exact) mass is 150 g/mol. The first-order chi connectivity index (χ1) is 4.64. The molecule has 1 heteroatoms. The molecule has 1 aliphatic heterocycles. The Balaban J connectivity index is 2.86. The van der Waals surface area contributed by atoms with E-state index in [-0.39, 0.29) is 5.41 Å². The highest BCUT2D eigenvalue weighted by Gasteiger charge is 2.14. The topological polar surface area (TPSA) is 0 Å². The van der Waals surface area contributed by atoms with Crippen molar-refractivity contribution in [1.82, 2.24) is 0 Å². The molecular formula is C9H10S. The summed E-state index contributed by atoms with van der Waals surface area (Å²) in [4.78, 5) is 1.02. The van der Waals surface area contributed by atoms with Gasteiger partial charge in [0, 0.05) is 5.41 Å². The van der Waals surface area contributed by atoms with Gasteiger partial charge in [-0.3, -0.25) is 0 Å². The van der Waals surface area contributed by atoms with Crippen LogP contribution in [0.1, 0.15) is 13.8 Å². The molecule has 0 saturated heterocycles. The van der Waals surface area contributed by atoms with Crippen molar-refractivity contribution in [2.45, 2.75) is 13.8 Å². The van der Waals surface area contributed by atoms with E-state index in [1.165, 1.54) is 0 Å². The van der Waals surface area contributed by atoms with E-state index < -0.39 is 0 Å². The van der Waals surface area contributed by atoms with Crippen LogP contribution in [0.4, 0.5) is 0 Å². The van der Waals surface area contributed by atoms with Crippen molar-refractivity contribution in [1.29, 1.82) is 0 Å². The lowest BCUT2D eigenvalue weighted by molar-refractivity contribution is 0.625. The van der Waals surface area contributed by atoms with Gasteiger partial charge in [-0.2, -0.15) is 0 Å². The van der Waals surface area contributed by atoms with Gasteiger partial charge in [-0.05, 0) is 5.41 Å². The van der Waals surface area contributed by atoms with Crippen LogP contribution in [-0.2, 0) is 0 Å². The van der Waals surface area contributed by atoms with Crippen LogP contribution in [0.5, 0.6) is 0 Å². The summed E-state index contributed by atoms with van der Waals surface area (Å²) in [6.07, 6.45) is 9.51. The summed E-state index contributed by atoms with van der Waals surface area (Å²) in [6, 6.07) is 0. The minimum Gasteiger partial charge on any atom is -0.114 e. The molecule has 0 amide bonds. The summed E-state index contributed by atoms with van der Waals surface area (Å²) in [7, 11) is 0. The van der Waals surface area contributed by atoms with E-state index in [2.05, 4.69) is 37.3 Å². The average molecular weight is 150 g/mol. The first-order valence-corrected chi connectivity index (χ1v) is 4.06. The van der Waals surface area contributed by atoms with Gasteiger partial charge in [0.2, 0.25) is 0 Å². The molecule has 0 unspecified atom stereocenters. The first-order valence-electron chi connectivity index (χ1n) is 3.18. The molecule has 10 heavy (non-hydrogen) atoms. The fraction of sp³-hybridized carbons (Fsp3) is 0.333. The van der Waals surface area contributed by atoms with Crippen molar-refractivity contribution < 1.29 is 0 Å². The van der Waals surface area contributed by atoms with Gasteiger partial charge in [-0.15, -0.1) is 6.42 Å². The first kappa shape index (κ1) is 7.50. The quantitative estimate of drug-likeness (QED) is 0.478. The van der Waals surface area contributed by atoms with E-state index in [1.807, 2.05) is 0 Å². The molecule has 0 aromatic carbocycles. The molecular weight excluding hydrogens is 140 g/mol. The summed E-state index contributed by atoms with van der Waals surface area (Å²) >= 11 is 1.61. The van der Waals surface area contributed by atoms with Crippen LogP contribution in [0.2, 0.25) is 0 Å². The third kappa shape index (κ3) is 1.68. The predicted molar refractivity (Wildman–Crippen MR) is 47.4 cm³/mol. The molecule has 0 nitrogen and oxygen atoms in total. The van der Waals surface area contributed by atoms with Crippen LogP contribution in [0.25, 0.3) is 0 Å². The fourth-order valence-corrected chi connectivity index (χ4v) is 1.78. The summed E-state index contributed by atoms with van der Waals surface area (Å²) < 4.78 is 0. The zero-order valence-corrected chi connectivity index (χ0v) is 7.03. The minimum absolute atomic E-state index is 0.146. The molecule has 0 aliphatic carbocycles.